The molecule has 0 aliphatic heterocycles. The number of nitrogens with zero attached hydrogens (tertiary/aromatic N) is 1. The summed E-state index contributed by atoms with van der Waals surface area (Å²) < 4.78 is 12.6. The van der Waals surface area contributed by atoms with E-state index in [1.165, 1.54) is 12.1 Å². The van der Waals surface area contributed by atoms with Gasteiger partial charge in [0, 0.05) is 4.92 Å². The van der Waals surface area contributed by atoms with Crippen molar-refractivity contribution < 1.29 is 19.2 Å². The Morgan fingerprint density at radius 2 is 2.00 bits per heavy atom. The molecule has 0 radical (unpaired) electrons. The molecule has 0 aliphatic rings. The van der Waals surface area contributed by atoms with Gasteiger partial charge in [0.05, 0.1) is 12.3 Å². The minimum Gasteiger partial charge on any atom is -0.481 e. The minimum atomic E-state index is -1.11. The fourth-order valence-electron chi connectivity index (χ4n) is 1.41. The molecule has 1 rings (SSSR count). The number of hydrogen-bond acceptors (Lipinski definition) is 3. The highest BCUT2D eigenvalue weighted by Gasteiger charge is 2.21. The molecule has 1 atom stereocenters. The highest BCUT2D eigenvalue weighted by Crippen LogP contribution is 2.20. The summed E-state index contributed by atoms with van der Waals surface area (Å²) >= 11 is 0. The average Bonchev–Trinajstić information content (AvgIpc) is 2.16. The van der Waals surface area contributed by atoms with Gasteiger partial charge >= 0.3 is 5.97 Å². The van der Waals surface area contributed by atoms with Crippen molar-refractivity contribution in [2.75, 3.05) is 6.54 Å². The van der Waals surface area contributed by atoms with Crippen LogP contribution in [0.1, 0.15) is 17.9 Å². The Morgan fingerprint density at radius 1 is 1.44 bits per heavy atom. The zero-order chi connectivity index (χ0) is 12.1. The van der Waals surface area contributed by atoms with Crippen LogP contribution in [-0.4, -0.2) is 22.5 Å². The molecule has 0 aliphatic carbocycles. The third kappa shape index (κ3) is 3.64. The van der Waals surface area contributed by atoms with Crippen LogP contribution in [0.4, 0.5) is 4.39 Å². The number of carboxylic acid groups (broad SMARTS) is 1. The Labute approximate surface area is 90.7 Å². The van der Waals surface area contributed by atoms with Gasteiger partial charge in [0.2, 0.25) is 6.54 Å². The fraction of sp³-hybridized carbons (Fsp3) is 0.300. The normalized spacial score (nSPS) is 12.1. The third-order valence-electron chi connectivity index (χ3n) is 2.13. The van der Waals surface area contributed by atoms with E-state index in [0.29, 0.717) is 5.56 Å². The number of benzene rings is 1. The van der Waals surface area contributed by atoms with Gasteiger partial charge in [-0.05, 0) is 17.7 Å². The summed E-state index contributed by atoms with van der Waals surface area (Å²) in [6.45, 7) is -0.474. The van der Waals surface area contributed by atoms with Crippen LogP contribution in [0.5, 0.6) is 0 Å². The first kappa shape index (κ1) is 12.1. The van der Waals surface area contributed by atoms with E-state index < -0.39 is 29.2 Å². The molecule has 0 saturated heterocycles. The zero-order valence-electron chi connectivity index (χ0n) is 8.30. The highest BCUT2D eigenvalue weighted by molar-refractivity contribution is 5.68. The quantitative estimate of drug-likeness (QED) is 0.612. The van der Waals surface area contributed by atoms with Gasteiger partial charge in [-0.25, -0.2) is 4.39 Å². The zero-order valence-corrected chi connectivity index (χ0v) is 8.30. The van der Waals surface area contributed by atoms with Crippen LogP contribution >= 0.6 is 0 Å². The molecule has 86 valence electrons. The fourth-order valence-corrected chi connectivity index (χ4v) is 1.41. The van der Waals surface area contributed by atoms with E-state index in [0.717, 1.165) is 12.1 Å². The summed E-state index contributed by atoms with van der Waals surface area (Å²) in [7, 11) is 0. The highest BCUT2D eigenvalue weighted by atomic mass is 19.1. The lowest BCUT2D eigenvalue weighted by Crippen LogP contribution is -2.16. The Bertz CT molecular complexity index is 374. The molecule has 0 spiro atoms. The van der Waals surface area contributed by atoms with E-state index in [9.17, 15) is 19.3 Å². The van der Waals surface area contributed by atoms with Crippen molar-refractivity contribution in [3.63, 3.8) is 0 Å². The second-order valence-electron chi connectivity index (χ2n) is 3.36. The Morgan fingerprint density at radius 3 is 2.44 bits per heavy atom. The maximum atomic E-state index is 12.6. The van der Waals surface area contributed by atoms with Crippen LogP contribution in [0.2, 0.25) is 0 Å². The SMILES string of the molecule is O=C(O)C[C@@H](C[N+](=O)[O-])c1ccc(F)cc1. The van der Waals surface area contributed by atoms with Crippen LogP contribution in [0.25, 0.3) is 0 Å². The minimum absolute atomic E-state index is 0.341. The number of nitro groups is 1. The van der Waals surface area contributed by atoms with Crippen LogP contribution in [-0.2, 0) is 4.79 Å². The summed E-state index contributed by atoms with van der Waals surface area (Å²) in [6, 6.07) is 5.05. The molecule has 0 fully saturated rings. The molecule has 1 aromatic carbocycles. The Kier molecular flexibility index (Phi) is 3.93. The van der Waals surface area contributed by atoms with Crippen LogP contribution < -0.4 is 0 Å². The monoisotopic (exact) mass is 227 g/mol. The number of carbonyl (C=O) groups is 1. The molecule has 0 aromatic heterocycles. The van der Waals surface area contributed by atoms with Gasteiger partial charge in [-0.1, -0.05) is 12.1 Å². The maximum absolute atomic E-state index is 12.6. The van der Waals surface area contributed by atoms with Gasteiger partial charge in [0.1, 0.15) is 5.82 Å². The maximum Gasteiger partial charge on any atom is 0.304 e. The Hall–Kier alpha value is -1.98. The first-order chi connectivity index (χ1) is 7.49. The van der Waals surface area contributed by atoms with Crippen molar-refractivity contribution in [1.82, 2.24) is 0 Å². The Balaban J connectivity index is 2.86. The predicted molar refractivity (Wildman–Crippen MR) is 53.3 cm³/mol. The molecule has 0 unspecified atom stereocenters. The third-order valence-corrected chi connectivity index (χ3v) is 2.13. The molecule has 1 N–H and O–H groups in total. The van der Waals surface area contributed by atoms with Crippen molar-refractivity contribution >= 4 is 5.97 Å². The van der Waals surface area contributed by atoms with Crippen molar-refractivity contribution in [3.8, 4) is 0 Å². The predicted octanol–water partition coefficient (Wildman–Crippen LogP) is 1.66. The van der Waals surface area contributed by atoms with Crippen molar-refractivity contribution in [1.29, 1.82) is 0 Å². The molecule has 0 amide bonds. The number of halogens is 1. The molecule has 0 heterocycles. The molecule has 16 heavy (non-hydrogen) atoms. The lowest BCUT2D eigenvalue weighted by molar-refractivity contribution is -0.483. The van der Waals surface area contributed by atoms with E-state index in [-0.39, 0.29) is 6.42 Å². The first-order valence-corrected chi connectivity index (χ1v) is 4.58. The van der Waals surface area contributed by atoms with Gasteiger partial charge in [-0.2, -0.15) is 0 Å². The topological polar surface area (TPSA) is 80.4 Å². The number of hydrogen-bond donors (Lipinski definition) is 1. The second-order valence-corrected chi connectivity index (χ2v) is 3.36. The van der Waals surface area contributed by atoms with Gasteiger partial charge in [-0.3, -0.25) is 14.9 Å². The first-order valence-electron chi connectivity index (χ1n) is 4.58. The van der Waals surface area contributed by atoms with Crippen molar-refractivity contribution in [2.24, 2.45) is 0 Å². The molecule has 5 nitrogen and oxygen atoms in total. The van der Waals surface area contributed by atoms with Gasteiger partial charge in [0.25, 0.3) is 0 Å². The van der Waals surface area contributed by atoms with Crippen LogP contribution in [0.15, 0.2) is 24.3 Å². The van der Waals surface area contributed by atoms with E-state index in [2.05, 4.69) is 0 Å². The van der Waals surface area contributed by atoms with Gasteiger partial charge in [-0.15, -0.1) is 0 Å². The second kappa shape index (κ2) is 5.20. The van der Waals surface area contributed by atoms with Crippen molar-refractivity contribution in [3.05, 3.63) is 45.8 Å². The lowest BCUT2D eigenvalue weighted by atomic mass is 9.96. The molecular weight excluding hydrogens is 217 g/mol. The summed E-state index contributed by atoms with van der Waals surface area (Å²) in [5, 5.41) is 19.0. The largest absolute Gasteiger partial charge is 0.481 e. The average molecular weight is 227 g/mol. The molecular formula is C10H10FNO4. The number of aliphatic carboxylic acids is 1. The van der Waals surface area contributed by atoms with Crippen LogP contribution in [0, 0.1) is 15.9 Å². The summed E-state index contributed by atoms with van der Waals surface area (Å²) in [4.78, 5) is 20.3. The lowest BCUT2D eigenvalue weighted by Gasteiger charge is -2.10. The standard InChI is InChI=1S/C10H10FNO4/c11-9-3-1-7(2-4-9)8(5-10(13)14)6-12(15)16/h1-4,8H,5-6H2,(H,13,14)/t8-/m0/s1. The van der Waals surface area contributed by atoms with E-state index in [1.807, 2.05) is 0 Å². The van der Waals surface area contributed by atoms with Crippen molar-refractivity contribution in [2.45, 2.75) is 12.3 Å². The summed E-state index contributed by atoms with van der Waals surface area (Å²) in [5.74, 6) is -2.30. The van der Waals surface area contributed by atoms with E-state index in [4.69, 9.17) is 5.11 Å². The molecule has 0 saturated carbocycles. The molecule has 1 aromatic rings. The van der Waals surface area contributed by atoms with Gasteiger partial charge in [0.15, 0.2) is 0 Å². The molecule has 6 heteroatoms. The molecule has 0 bridgehead atoms. The smallest absolute Gasteiger partial charge is 0.304 e. The summed E-state index contributed by atoms with van der Waals surface area (Å²) in [6.07, 6.45) is -0.341. The number of carboxylic acids is 1. The summed E-state index contributed by atoms with van der Waals surface area (Å²) in [5.41, 5.74) is 0.459. The van der Waals surface area contributed by atoms with Crippen LogP contribution in [0.3, 0.4) is 0 Å². The number of rotatable bonds is 5. The van der Waals surface area contributed by atoms with E-state index >= 15 is 0 Å². The van der Waals surface area contributed by atoms with Gasteiger partial charge < -0.3 is 5.11 Å². The van der Waals surface area contributed by atoms with E-state index in [1.54, 1.807) is 0 Å².